The fourth-order valence-electron chi connectivity index (χ4n) is 1.84. The number of aliphatic hydroxyl groups is 2. The third-order valence-electron chi connectivity index (χ3n) is 2.87. The lowest BCUT2D eigenvalue weighted by Crippen LogP contribution is -2.33. The summed E-state index contributed by atoms with van der Waals surface area (Å²) >= 11 is 0. The van der Waals surface area contributed by atoms with E-state index in [1.54, 1.807) is 0 Å². The zero-order valence-electron chi connectivity index (χ0n) is 12.3. The third-order valence-corrected chi connectivity index (χ3v) is 2.87. The summed E-state index contributed by atoms with van der Waals surface area (Å²) in [7, 11) is 0. The minimum absolute atomic E-state index is 0.0340. The molecule has 0 heterocycles. The van der Waals surface area contributed by atoms with E-state index in [0.29, 0.717) is 26.3 Å². The average Bonchev–Trinajstić information content (AvgIpc) is 2.42. The largest absolute Gasteiger partial charge is 0.490 e. The first-order chi connectivity index (χ1) is 9.65. The van der Waals surface area contributed by atoms with Crippen LogP contribution in [0, 0.1) is 13.8 Å². The Bertz CT molecular complexity index is 364. The third kappa shape index (κ3) is 6.34. The van der Waals surface area contributed by atoms with Crippen molar-refractivity contribution < 1.29 is 19.7 Å². The zero-order valence-corrected chi connectivity index (χ0v) is 12.3. The van der Waals surface area contributed by atoms with Crippen LogP contribution in [-0.2, 0) is 4.74 Å². The number of aryl methyl sites for hydroxylation is 2. The maximum atomic E-state index is 9.83. The normalized spacial score (nSPS) is 12.4. The van der Waals surface area contributed by atoms with Crippen molar-refractivity contribution in [1.82, 2.24) is 5.32 Å². The van der Waals surface area contributed by atoms with Crippen LogP contribution in [0.1, 0.15) is 11.1 Å². The Morgan fingerprint density at radius 2 is 1.90 bits per heavy atom. The van der Waals surface area contributed by atoms with Crippen molar-refractivity contribution in [2.24, 2.45) is 0 Å². The van der Waals surface area contributed by atoms with Crippen LogP contribution < -0.4 is 10.1 Å². The monoisotopic (exact) mass is 283 g/mol. The second-order valence-electron chi connectivity index (χ2n) is 4.73. The molecule has 0 aromatic heterocycles. The number of ether oxygens (including phenoxy) is 2. The van der Waals surface area contributed by atoms with Crippen molar-refractivity contribution in [1.29, 1.82) is 0 Å². The van der Waals surface area contributed by atoms with Gasteiger partial charge in [0.2, 0.25) is 0 Å². The second kappa shape index (κ2) is 9.72. The van der Waals surface area contributed by atoms with Crippen LogP contribution in [0.4, 0.5) is 0 Å². The van der Waals surface area contributed by atoms with Gasteiger partial charge in [-0.1, -0.05) is 18.2 Å². The molecule has 0 radical (unpaired) electrons. The molecule has 0 spiro atoms. The highest BCUT2D eigenvalue weighted by atomic mass is 16.5. The van der Waals surface area contributed by atoms with Gasteiger partial charge in [-0.25, -0.2) is 0 Å². The van der Waals surface area contributed by atoms with Crippen LogP contribution >= 0.6 is 0 Å². The van der Waals surface area contributed by atoms with Gasteiger partial charge in [0.05, 0.1) is 19.8 Å². The Labute approximate surface area is 120 Å². The standard InChI is InChI=1S/C15H25NO4/c1-12-4-3-5-13(2)15(12)20-11-14(18)10-16-6-8-19-9-7-17/h3-5,14,16-18H,6-11H2,1-2H3. The van der Waals surface area contributed by atoms with Crippen molar-refractivity contribution in [3.05, 3.63) is 29.3 Å². The summed E-state index contributed by atoms with van der Waals surface area (Å²) in [6, 6.07) is 5.97. The molecule has 0 aliphatic rings. The molecule has 1 atom stereocenters. The summed E-state index contributed by atoms with van der Waals surface area (Å²) < 4.78 is 10.8. The lowest BCUT2D eigenvalue weighted by molar-refractivity contribution is 0.0840. The molecule has 0 aliphatic heterocycles. The van der Waals surface area contributed by atoms with Crippen LogP contribution in [0.15, 0.2) is 18.2 Å². The average molecular weight is 283 g/mol. The maximum Gasteiger partial charge on any atom is 0.125 e. The minimum atomic E-state index is -0.563. The van der Waals surface area contributed by atoms with E-state index in [1.165, 1.54) is 0 Å². The molecule has 1 unspecified atom stereocenters. The van der Waals surface area contributed by atoms with Gasteiger partial charge in [0.25, 0.3) is 0 Å². The summed E-state index contributed by atoms with van der Waals surface area (Å²) in [6.45, 7) is 6.23. The number of rotatable bonds is 10. The molecule has 0 saturated heterocycles. The first-order valence-corrected chi connectivity index (χ1v) is 6.91. The summed E-state index contributed by atoms with van der Waals surface area (Å²) in [6.07, 6.45) is -0.563. The van der Waals surface area contributed by atoms with E-state index < -0.39 is 6.10 Å². The molecule has 0 saturated carbocycles. The molecular formula is C15H25NO4. The lowest BCUT2D eigenvalue weighted by atomic mass is 10.1. The summed E-state index contributed by atoms with van der Waals surface area (Å²) in [5.41, 5.74) is 2.14. The van der Waals surface area contributed by atoms with Crippen LogP contribution in [-0.4, -0.2) is 55.8 Å². The van der Waals surface area contributed by atoms with E-state index in [2.05, 4.69) is 5.32 Å². The zero-order chi connectivity index (χ0) is 14.8. The van der Waals surface area contributed by atoms with E-state index in [-0.39, 0.29) is 13.2 Å². The minimum Gasteiger partial charge on any atom is -0.490 e. The molecule has 1 aromatic carbocycles. The van der Waals surface area contributed by atoms with Gasteiger partial charge >= 0.3 is 0 Å². The highest BCUT2D eigenvalue weighted by Crippen LogP contribution is 2.22. The first-order valence-electron chi connectivity index (χ1n) is 6.91. The van der Waals surface area contributed by atoms with Gasteiger partial charge in [-0.3, -0.25) is 0 Å². The van der Waals surface area contributed by atoms with Gasteiger partial charge in [0, 0.05) is 13.1 Å². The van der Waals surface area contributed by atoms with E-state index in [4.69, 9.17) is 14.6 Å². The number of hydrogen-bond acceptors (Lipinski definition) is 5. The highest BCUT2D eigenvalue weighted by molar-refractivity contribution is 5.39. The smallest absolute Gasteiger partial charge is 0.125 e. The fourth-order valence-corrected chi connectivity index (χ4v) is 1.84. The van der Waals surface area contributed by atoms with Crippen LogP contribution in [0.25, 0.3) is 0 Å². The van der Waals surface area contributed by atoms with Crippen molar-refractivity contribution in [2.45, 2.75) is 20.0 Å². The molecule has 0 fully saturated rings. The summed E-state index contributed by atoms with van der Waals surface area (Å²) in [5, 5.41) is 21.4. The van der Waals surface area contributed by atoms with Crippen LogP contribution in [0.2, 0.25) is 0 Å². The molecule has 1 aromatic rings. The van der Waals surface area contributed by atoms with Gasteiger partial charge in [0.1, 0.15) is 18.5 Å². The number of para-hydroxylation sites is 1. The number of nitrogens with one attached hydrogen (secondary N) is 1. The van der Waals surface area contributed by atoms with E-state index in [0.717, 1.165) is 16.9 Å². The predicted molar refractivity (Wildman–Crippen MR) is 78.2 cm³/mol. The van der Waals surface area contributed by atoms with E-state index in [9.17, 15) is 5.11 Å². The summed E-state index contributed by atoms with van der Waals surface area (Å²) in [4.78, 5) is 0. The van der Waals surface area contributed by atoms with E-state index in [1.807, 2.05) is 32.0 Å². The quantitative estimate of drug-likeness (QED) is 0.550. The maximum absolute atomic E-state index is 9.83. The molecule has 5 nitrogen and oxygen atoms in total. The topological polar surface area (TPSA) is 71.0 Å². The van der Waals surface area contributed by atoms with Gasteiger partial charge in [-0.05, 0) is 25.0 Å². The Morgan fingerprint density at radius 3 is 2.55 bits per heavy atom. The van der Waals surface area contributed by atoms with Crippen molar-refractivity contribution in [3.63, 3.8) is 0 Å². The first kappa shape index (κ1) is 16.9. The lowest BCUT2D eigenvalue weighted by Gasteiger charge is -2.16. The van der Waals surface area contributed by atoms with Crippen LogP contribution in [0.5, 0.6) is 5.75 Å². The van der Waals surface area contributed by atoms with Gasteiger partial charge in [0.15, 0.2) is 0 Å². The van der Waals surface area contributed by atoms with E-state index >= 15 is 0 Å². The predicted octanol–water partition coefficient (Wildman–Crippen LogP) is 0.642. The molecule has 0 amide bonds. The van der Waals surface area contributed by atoms with Crippen molar-refractivity contribution >= 4 is 0 Å². The second-order valence-corrected chi connectivity index (χ2v) is 4.73. The molecule has 20 heavy (non-hydrogen) atoms. The molecular weight excluding hydrogens is 258 g/mol. The number of benzene rings is 1. The number of aliphatic hydroxyl groups excluding tert-OH is 2. The Balaban J connectivity index is 2.18. The Morgan fingerprint density at radius 1 is 1.20 bits per heavy atom. The number of hydrogen-bond donors (Lipinski definition) is 3. The van der Waals surface area contributed by atoms with Gasteiger partial charge < -0.3 is 25.0 Å². The van der Waals surface area contributed by atoms with Crippen molar-refractivity contribution in [2.75, 3.05) is 39.5 Å². The molecule has 0 bridgehead atoms. The Kier molecular flexibility index (Phi) is 8.22. The highest BCUT2D eigenvalue weighted by Gasteiger charge is 2.08. The van der Waals surface area contributed by atoms with Crippen molar-refractivity contribution in [3.8, 4) is 5.75 Å². The molecule has 3 N–H and O–H groups in total. The molecule has 114 valence electrons. The van der Waals surface area contributed by atoms with Gasteiger partial charge in [-0.2, -0.15) is 0 Å². The SMILES string of the molecule is Cc1cccc(C)c1OCC(O)CNCCOCCO. The van der Waals surface area contributed by atoms with Gasteiger partial charge in [-0.15, -0.1) is 0 Å². The molecule has 0 aliphatic carbocycles. The Hall–Kier alpha value is -1.14. The fraction of sp³-hybridized carbons (Fsp3) is 0.600. The van der Waals surface area contributed by atoms with Crippen LogP contribution in [0.3, 0.4) is 0 Å². The molecule has 1 rings (SSSR count). The summed E-state index contributed by atoms with van der Waals surface area (Å²) in [5.74, 6) is 0.845. The molecule has 5 heteroatoms.